The van der Waals surface area contributed by atoms with Gasteiger partial charge in [-0.05, 0) is 30.7 Å². The molecule has 25 heavy (non-hydrogen) atoms. The van der Waals surface area contributed by atoms with Crippen molar-refractivity contribution in [3.05, 3.63) is 75.8 Å². The van der Waals surface area contributed by atoms with Crippen molar-refractivity contribution in [2.45, 2.75) is 6.92 Å². The van der Waals surface area contributed by atoms with Gasteiger partial charge in [0.1, 0.15) is 17.5 Å². The monoisotopic (exact) mass is 330 g/mol. The molecular formula is C19H14N4O2. The van der Waals surface area contributed by atoms with Gasteiger partial charge in [0.25, 0.3) is 5.69 Å². The largest absolute Gasteiger partial charge is 0.383 e. The first-order chi connectivity index (χ1) is 12.0. The van der Waals surface area contributed by atoms with E-state index in [1.54, 1.807) is 18.2 Å². The molecule has 0 radical (unpaired) electrons. The van der Waals surface area contributed by atoms with Crippen molar-refractivity contribution in [2.24, 2.45) is 0 Å². The average molecular weight is 330 g/mol. The number of nitrogens with two attached hydrogens (primary N) is 1. The maximum Gasteiger partial charge on any atom is 0.269 e. The van der Waals surface area contributed by atoms with Crippen molar-refractivity contribution in [1.82, 2.24) is 4.98 Å². The van der Waals surface area contributed by atoms with Crippen LogP contribution in [0.1, 0.15) is 11.1 Å². The highest BCUT2D eigenvalue weighted by atomic mass is 16.6. The number of hydrogen-bond donors (Lipinski definition) is 1. The molecule has 6 nitrogen and oxygen atoms in total. The molecule has 0 fully saturated rings. The minimum absolute atomic E-state index is 0.0111. The van der Waals surface area contributed by atoms with Gasteiger partial charge in [-0.15, -0.1) is 0 Å². The Bertz CT molecular complexity index is 988. The minimum atomic E-state index is -0.465. The van der Waals surface area contributed by atoms with Crippen molar-refractivity contribution in [3.8, 4) is 28.5 Å². The fraction of sp³-hybridized carbons (Fsp3) is 0.0526. The molecule has 3 aromatic rings. The number of rotatable bonds is 3. The summed E-state index contributed by atoms with van der Waals surface area (Å²) in [6.45, 7) is 1.99. The van der Waals surface area contributed by atoms with E-state index in [-0.39, 0.29) is 17.1 Å². The number of nitriles is 1. The molecule has 0 spiro atoms. The Kier molecular flexibility index (Phi) is 4.14. The Morgan fingerprint density at radius 2 is 1.68 bits per heavy atom. The van der Waals surface area contributed by atoms with Crippen LogP contribution in [0.5, 0.6) is 0 Å². The second kappa shape index (κ2) is 6.42. The molecule has 0 amide bonds. The molecule has 1 heterocycles. The number of anilines is 1. The first-order valence-corrected chi connectivity index (χ1v) is 7.52. The van der Waals surface area contributed by atoms with Crippen LogP contribution in [0, 0.1) is 28.4 Å². The van der Waals surface area contributed by atoms with Crippen molar-refractivity contribution >= 4 is 11.5 Å². The molecule has 6 heteroatoms. The van der Waals surface area contributed by atoms with Crippen LogP contribution in [0.4, 0.5) is 11.5 Å². The average Bonchev–Trinajstić information content (AvgIpc) is 2.61. The van der Waals surface area contributed by atoms with Gasteiger partial charge in [-0.1, -0.05) is 29.8 Å². The Hall–Kier alpha value is -3.72. The van der Waals surface area contributed by atoms with Gasteiger partial charge in [-0.2, -0.15) is 5.26 Å². The number of aromatic nitrogens is 1. The smallest absolute Gasteiger partial charge is 0.269 e. The topological polar surface area (TPSA) is 106 Å². The predicted molar refractivity (Wildman–Crippen MR) is 95.6 cm³/mol. The maximum absolute atomic E-state index is 10.8. The third-order valence-electron chi connectivity index (χ3n) is 3.90. The predicted octanol–water partition coefficient (Wildman–Crippen LogP) is 4.09. The van der Waals surface area contributed by atoms with Crippen LogP contribution in [0.2, 0.25) is 0 Å². The van der Waals surface area contributed by atoms with Gasteiger partial charge in [0, 0.05) is 23.3 Å². The number of aryl methyl sites for hydroxylation is 1. The molecule has 0 aliphatic rings. The first kappa shape index (κ1) is 16.1. The summed E-state index contributed by atoms with van der Waals surface area (Å²) in [5.74, 6) is 0.133. The van der Waals surface area contributed by atoms with Crippen molar-refractivity contribution in [1.29, 1.82) is 5.26 Å². The number of hydrogen-bond acceptors (Lipinski definition) is 5. The lowest BCUT2D eigenvalue weighted by Crippen LogP contribution is -2.00. The zero-order valence-corrected chi connectivity index (χ0v) is 13.4. The van der Waals surface area contributed by atoms with E-state index in [9.17, 15) is 15.4 Å². The molecule has 0 aliphatic heterocycles. The van der Waals surface area contributed by atoms with Gasteiger partial charge in [0.15, 0.2) is 0 Å². The third kappa shape index (κ3) is 3.16. The molecule has 3 rings (SSSR count). The van der Waals surface area contributed by atoms with Gasteiger partial charge >= 0.3 is 0 Å². The fourth-order valence-electron chi connectivity index (χ4n) is 2.54. The fourth-order valence-corrected chi connectivity index (χ4v) is 2.54. The summed E-state index contributed by atoms with van der Waals surface area (Å²) in [5, 5.41) is 20.2. The van der Waals surface area contributed by atoms with Crippen LogP contribution in [-0.4, -0.2) is 9.91 Å². The Morgan fingerprint density at radius 3 is 2.24 bits per heavy atom. The SMILES string of the molecule is Cc1ccc(-c2cc(-c3ccc([N+](=O)[O-])cc3)c(C#N)c(N)n2)cc1. The normalized spacial score (nSPS) is 10.2. The highest BCUT2D eigenvalue weighted by Gasteiger charge is 2.14. The summed E-state index contributed by atoms with van der Waals surface area (Å²) in [5.41, 5.74) is 10.1. The van der Waals surface area contributed by atoms with E-state index in [1.807, 2.05) is 31.2 Å². The van der Waals surface area contributed by atoms with E-state index in [4.69, 9.17) is 5.73 Å². The second-order valence-corrected chi connectivity index (χ2v) is 5.60. The third-order valence-corrected chi connectivity index (χ3v) is 3.90. The van der Waals surface area contributed by atoms with Crippen molar-refractivity contribution < 1.29 is 4.92 Å². The molecule has 0 saturated heterocycles. The number of benzene rings is 2. The zero-order valence-electron chi connectivity index (χ0n) is 13.4. The van der Waals surface area contributed by atoms with Crippen LogP contribution in [0.25, 0.3) is 22.4 Å². The zero-order chi connectivity index (χ0) is 18.0. The van der Waals surface area contributed by atoms with Gasteiger partial charge in [-0.25, -0.2) is 4.98 Å². The van der Waals surface area contributed by atoms with Gasteiger partial charge < -0.3 is 5.73 Å². The Labute approximate surface area is 144 Å². The lowest BCUT2D eigenvalue weighted by molar-refractivity contribution is -0.384. The number of nitro groups is 1. The highest BCUT2D eigenvalue weighted by molar-refractivity contribution is 5.80. The first-order valence-electron chi connectivity index (χ1n) is 7.52. The Balaban J connectivity index is 2.16. The van der Waals surface area contributed by atoms with Crippen molar-refractivity contribution in [3.63, 3.8) is 0 Å². The number of pyridine rings is 1. The summed E-state index contributed by atoms with van der Waals surface area (Å²) < 4.78 is 0. The number of nitrogen functional groups attached to an aromatic ring is 1. The molecule has 0 atom stereocenters. The lowest BCUT2D eigenvalue weighted by Gasteiger charge is -2.10. The number of nitrogens with zero attached hydrogens (tertiary/aromatic N) is 3. The van der Waals surface area contributed by atoms with Crippen LogP contribution in [0.15, 0.2) is 54.6 Å². The molecule has 2 N–H and O–H groups in total. The maximum atomic E-state index is 10.8. The summed E-state index contributed by atoms with van der Waals surface area (Å²) in [4.78, 5) is 14.7. The molecule has 1 aromatic heterocycles. The second-order valence-electron chi connectivity index (χ2n) is 5.60. The van der Waals surface area contributed by atoms with Gasteiger partial charge in [-0.3, -0.25) is 10.1 Å². The van der Waals surface area contributed by atoms with E-state index in [1.165, 1.54) is 12.1 Å². The molecule has 0 saturated carbocycles. The standard InChI is InChI=1S/C19H14N4O2/c1-12-2-4-14(5-3-12)18-10-16(17(11-20)19(21)22-18)13-6-8-15(9-7-13)23(24)25/h2-10H,1H3,(H2,21,22). The van der Waals surface area contributed by atoms with Gasteiger partial charge in [0.05, 0.1) is 10.6 Å². The molecular weight excluding hydrogens is 316 g/mol. The summed E-state index contributed by atoms with van der Waals surface area (Å²) in [7, 11) is 0. The summed E-state index contributed by atoms with van der Waals surface area (Å²) in [6.07, 6.45) is 0. The van der Waals surface area contributed by atoms with Crippen LogP contribution >= 0.6 is 0 Å². The minimum Gasteiger partial charge on any atom is -0.383 e. The van der Waals surface area contributed by atoms with E-state index in [0.29, 0.717) is 16.8 Å². The summed E-state index contributed by atoms with van der Waals surface area (Å²) >= 11 is 0. The highest BCUT2D eigenvalue weighted by Crippen LogP contribution is 2.32. The quantitative estimate of drug-likeness (QED) is 0.575. The summed E-state index contributed by atoms with van der Waals surface area (Å²) in [6, 6.07) is 17.7. The van der Waals surface area contributed by atoms with Crippen molar-refractivity contribution in [2.75, 3.05) is 5.73 Å². The Morgan fingerprint density at radius 1 is 1.08 bits per heavy atom. The molecule has 0 aliphatic carbocycles. The van der Waals surface area contributed by atoms with Crippen LogP contribution < -0.4 is 5.73 Å². The molecule has 0 bridgehead atoms. The number of non-ortho nitro benzene ring substituents is 1. The van der Waals surface area contributed by atoms with Crippen LogP contribution in [0.3, 0.4) is 0 Å². The van der Waals surface area contributed by atoms with E-state index < -0.39 is 4.92 Å². The van der Waals surface area contributed by atoms with Gasteiger partial charge in [0.2, 0.25) is 0 Å². The van der Waals surface area contributed by atoms with E-state index in [2.05, 4.69) is 11.1 Å². The number of nitro benzene ring substituents is 1. The van der Waals surface area contributed by atoms with Crippen LogP contribution in [-0.2, 0) is 0 Å². The van der Waals surface area contributed by atoms with E-state index >= 15 is 0 Å². The molecule has 122 valence electrons. The lowest BCUT2D eigenvalue weighted by atomic mass is 9.98. The van der Waals surface area contributed by atoms with E-state index in [0.717, 1.165) is 11.1 Å². The molecule has 2 aromatic carbocycles. The molecule has 0 unspecified atom stereocenters.